The highest BCUT2D eigenvalue weighted by Crippen LogP contribution is 2.28. The van der Waals surface area contributed by atoms with Gasteiger partial charge in [-0.05, 0) is 44.0 Å². The maximum Gasteiger partial charge on any atom is 0.261 e. The molecule has 4 rings (SSSR count). The number of hydrogen-bond acceptors (Lipinski definition) is 6. The van der Waals surface area contributed by atoms with Crippen molar-refractivity contribution in [1.82, 2.24) is 15.2 Å². The molecule has 0 saturated carbocycles. The van der Waals surface area contributed by atoms with Gasteiger partial charge in [0.1, 0.15) is 11.3 Å². The molecule has 1 atom stereocenters. The molecule has 2 aromatic rings. The number of hydrogen-bond donors (Lipinski definition) is 2. The van der Waals surface area contributed by atoms with E-state index in [-0.39, 0.29) is 23.1 Å². The average Bonchev–Trinajstić information content (AvgIpc) is 3.33. The molecule has 3 heterocycles. The highest BCUT2D eigenvalue weighted by atomic mass is 16.5. The molecule has 2 aliphatic heterocycles. The Morgan fingerprint density at radius 2 is 2.00 bits per heavy atom. The van der Waals surface area contributed by atoms with E-state index in [4.69, 9.17) is 9.47 Å². The van der Waals surface area contributed by atoms with Crippen LogP contribution in [0.15, 0.2) is 41.2 Å². The number of piperazine rings is 1. The minimum atomic E-state index is -0.352. The largest absolute Gasteiger partial charge is 0.492 e. The Hall–Kier alpha value is -2.84. The van der Waals surface area contributed by atoms with Crippen LogP contribution in [0.25, 0.3) is 0 Å². The number of nitrogens with zero attached hydrogens (tertiary/aromatic N) is 2. The Bertz CT molecular complexity index is 962. The van der Waals surface area contributed by atoms with Crippen LogP contribution in [0.3, 0.4) is 0 Å². The van der Waals surface area contributed by atoms with E-state index in [1.165, 1.54) is 0 Å². The summed E-state index contributed by atoms with van der Waals surface area (Å²) in [5.41, 5.74) is 1.73. The molecular weight excluding hydrogens is 408 g/mol. The number of para-hydroxylation sites is 2. The summed E-state index contributed by atoms with van der Waals surface area (Å²) in [6, 6.07) is 11.6. The molecule has 0 radical (unpaired) electrons. The van der Waals surface area contributed by atoms with Crippen LogP contribution in [0.4, 0.5) is 5.69 Å². The van der Waals surface area contributed by atoms with Gasteiger partial charge in [-0.25, -0.2) is 0 Å². The first-order chi connectivity index (χ1) is 15.6. The minimum absolute atomic E-state index is 0.0523. The first-order valence-corrected chi connectivity index (χ1v) is 11.4. The fraction of sp³-hybridized carbons (Fsp3) is 0.500. The zero-order valence-electron chi connectivity index (χ0n) is 18.6. The lowest BCUT2D eigenvalue weighted by molar-refractivity contribution is 0.0856. The van der Waals surface area contributed by atoms with Crippen LogP contribution >= 0.6 is 0 Å². The Balaban J connectivity index is 1.30. The van der Waals surface area contributed by atoms with Crippen molar-refractivity contribution < 1.29 is 14.3 Å². The summed E-state index contributed by atoms with van der Waals surface area (Å²) in [6.07, 6.45) is 2.01. The van der Waals surface area contributed by atoms with E-state index in [9.17, 15) is 9.59 Å². The molecule has 1 unspecified atom stereocenters. The molecule has 1 aromatic carbocycles. The van der Waals surface area contributed by atoms with Gasteiger partial charge in [0.15, 0.2) is 0 Å². The van der Waals surface area contributed by atoms with Gasteiger partial charge in [0.25, 0.3) is 11.5 Å². The van der Waals surface area contributed by atoms with Gasteiger partial charge in [-0.3, -0.25) is 14.5 Å². The number of anilines is 1. The molecule has 0 aliphatic carbocycles. The monoisotopic (exact) mass is 440 g/mol. The molecule has 0 spiro atoms. The van der Waals surface area contributed by atoms with E-state index in [1.807, 2.05) is 31.2 Å². The lowest BCUT2D eigenvalue weighted by atomic mass is 10.2. The summed E-state index contributed by atoms with van der Waals surface area (Å²) in [6.45, 7) is 8.00. The average molecular weight is 441 g/mol. The molecule has 172 valence electrons. The highest BCUT2D eigenvalue weighted by molar-refractivity contribution is 5.93. The first kappa shape index (κ1) is 22.4. The number of amides is 1. The van der Waals surface area contributed by atoms with E-state index in [2.05, 4.69) is 26.2 Å². The second-order valence-corrected chi connectivity index (χ2v) is 8.24. The van der Waals surface area contributed by atoms with Crippen molar-refractivity contribution in [3.8, 4) is 5.75 Å². The summed E-state index contributed by atoms with van der Waals surface area (Å²) >= 11 is 0. The van der Waals surface area contributed by atoms with Crippen LogP contribution in [-0.4, -0.2) is 67.8 Å². The smallest absolute Gasteiger partial charge is 0.261 e. The SMILES string of the molecule is CCOc1ccccc1N1CCN(Cc2ccc(C(=O)NCC3CCCO3)c(=O)[nH]2)CC1. The van der Waals surface area contributed by atoms with Gasteiger partial charge < -0.3 is 24.7 Å². The number of pyridine rings is 1. The minimum Gasteiger partial charge on any atom is -0.492 e. The Morgan fingerprint density at radius 1 is 1.19 bits per heavy atom. The van der Waals surface area contributed by atoms with Crippen LogP contribution < -0.4 is 20.5 Å². The molecule has 8 nitrogen and oxygen atoms in total. The zero-order chi connectivity index (χ0) is 22.3. The van der Waals surface area contributed by atoms with Crippen LogP contribution in [0.2, 0.25) is 0 Å². The van der Waals surface area contributed by atoms with Crippen molar-refractivity contribution in [2.24, 2.45) is 0 Å². The summed E-state index contributed by atoms with van der Waals surface area (Å²) in [4.78, 5) is 32.3. The second kappa shape index (κ2) is 10.7. The number of aromatic amines is 1. The first-order valence-electron chi connectivity index (χ1n) is 11.4. The summed E-state index contributed by atoms with van der Waals surface area (Å²) in [5, 5.41) is 2.81. The van der Waals surface area contributed by atoms with Crippen LogP contribution in [0.1, 0.15) is 35.8 Å². The van der Waals surface area contributed by atoms with Crippen molar-refractivity contribution in [3.63, 3.8) is 0 Å². The van der Waals surface area contributed by atoms with E-state index < -0.39 is 0 Å². The molecule has 1 amide bonds. The predicted molar refractivity (Wildman–Crippen MR) is 123 cm³/mol. The van der Waals surface area contributed by atoms with E-state index in [1.54, 1.807) is 6.07 Å². The Labute approximate surface area is 188 Å². The number of carbonyl (C=O) groups excluding carboxylic acids is 1. The molecule has 2 aliphatic rings. The molecular formula is C24H32N4O4. The molecule has 2 fully saturated rings. The third kappa shape index (κ3) is 5.49. The van der Waals surface area contributed by atoms with Crippen LogP contribution in [0.5, 0.6) is 5.75 Å². The number of aromatic nitrogens is 1. The van der Waals surface area contributed by atoms with Crippen molar-refractivity contribution >= 4 is 11.6 Å². The molecule has 32 heavy (non-hydrogen) atoms. The number of rotatable bonds is 8. The number of carbonyl (C=O) groups is 1. The normalized spacial score (nSPS) is 19.2. The van der Waals surface area contributed by atoms with E-state index in [0.717, 1.165) is 62.8 Å². The third-order valence-electron chi connectivity index (χ3n) is 6.00. The highest BCUT2D eigenvalue weighted by Gasteiger charge is 2.21. The summed E-state index contributed by atoms with van der Waals surface area (Å²) < 4.78 is 11.3. The number of nitrogens with one attached hydrogen (secondary N) is 2. The van der Waals surface area contributed by atoms with Crippen molar-refractivity contribution in [3.05, 3.63) is 58.0 Å². The Morgan fingerprint density at radius 3 is 2.72 bits per heavy atom. The van der Waals surface area contributed by atoms with Crippen LogP contribution in [0, 0.1) is 0 Å². The maximum atomic E-state index is 12.5. The fourth-order valence-electron chi connectivity index (χ4n) is 4.28. The molecule has 0 bridgehead atoms. The Kier molecular flexibility index (Phi) is 7.44. The van der Waals surface area contributed by atoms with Gasteiger partial charge >= 0.3 is 0 Å². The van der Waals surface area contributed by atoms with Gasteiger partial charge in [0, 0.05) is 51.6 Å². The number of ether oxygens (including phenoxy) is 2. The zero-order valence-corrected chi connectivity index (χ0v) is 18.6. The second-order valence-electron chi connectivity index (χ2n) is 8.24. The maximum absolute atomic E-state index is 12.5. The lowest BCUT2D eigenvalue weighted by Gasteiger charge is -2.36. The van der Waals surface area contributed by atoms with Gasteiger partial charge in [0.2, 0.25) is 0 Å². The van der Waals surface area contributed by atoms with Gasteiger partial charge in [-0.15, -0.1) is 0 Å². The molecule has 2 N–H and O–H groups in total. The van der Waals surface area contributed by atoms with Gasteiger partial charge in [-0.1, -0.05) is 12.1 Å². The van der Waals surface area contributed by atoms with E-state index in [0.29, 0.717) is 19.7 Å². The lowest BCUT2D eigenvalue weighted by Crippen LogP contribution is -2.46. The number of H-pyrrole nitrogens is 1. The van der Waals surface area contributed by atoms with Crippen molar-refractivity contribution in [2.45, 2.75) is 32.4 Å². The standard InChI is InChI=1S/C24H32N4O4/c1-2-31-22-8-4-3-7-21(22)28-13-11-27(12-14-28)17-18-9-10-20(24(30)26-18)23(29)25-16-19-6-5-15-32-19/h3-4,7-10,19H,2,5-6,11-17H2,1H3,(H,25,29)(H,26,30). The van der Waals surface area contributed by atoms with Gasteiger partial charge in [-0.2, -0.15) is 0 Å². The molecule has 8 heteroatoms. The van der Waals surface area contributed by atoms with Crippen molar-refractivity contribution in [2.75, 3.05) is 50.8 Å². The summed E-state index contributed by atoms with van der Waals surface area (Å²) in [5.74, 6) is 0.566. The van der Waals surface area contributed by atoms with E-state index >= 15 is 0 Å². The third-order valence-corrected chi connectivity index (χ3v) is 6.00. The predicted octanol–water partition coefficient (Wildman–Crippen LogP) is 2.00. The fourth-order valence-corrected chi connectivity index (χ4v) is 4.28. The number of benzene rings is 1. The molecule has 2 saturated heterocycles. The van der Waals surface area contributed by atoms with Crippen molar-refractivity contribution in [1.29, 1.82) is 0 Å². The van der Waals surface area contributed by atoms with Gasteiger partial charge in [0.05, 0.1) is 18.4 Å². The quantitative estimate of drug-likeness (QED) is 0.653. The topological polar surface area (TPSA) is 86.9 Å². The summed E-state index contributed by atoms with van der Waals surface area (Å²) in [7, 11) is 0. The van der Waals surface area contributed by atoms with Crippen LogP contribution in [-0.2, 0) is 11.3 Å². The molecule has 1 aromatic heterocycles.